The van der Waals surface area contributed by atoms with Crippen molar-refractivity contribution in [3.05, 3.63) is 59.8 Å². The first-order chi connectivity index (χ1) is 17.5. The molecule has 1 saturated heterocycles. The standard InChI is InChI=1S/C27H30FN5OS2/c1-16(2)27-31-25(32-34-27)17-9-11-33(12-10-17)26-23-21(28)8-7-20(24(23)29-15-30-26)18-5-6-19(14-35-3)22(13-18)36-4/h5-8,13,15-17H,9-12,14H2,1-4H3. The normalized spacial score (nSPS) is 14.8. The van der Waals surface area contributed by atoms with Crippen LogP contribution in [0.15, 0.2) is 46.1 Å². The smallest absolute Gasteiger partial charge is 0.229 e. The van der Waals surface area contributed by atoms with Crippen LogP contribution in [0.5, 0.6) is 0 Å². The number of piperidine rings is 1. The van der Waals surface area contributed by atoms with Crippen molar-refractivity contribution in [3.63, 3.8) is 0 Å². The minimum absolute atomic E-state index is 0.213. The Kier molecular flexibility index (Phi) is 7.48. The number of hydrogen-bond donors (Lipinski definition) is 0. The van der Waals surface area contributed by atoms with Crippen LogP contribution in [0.25, 0.3) is 22.0 Å². The summed E-state index contributed by atoms with van der Waals surface area (Å²) in [6.07, 6.45) is 7.47. The van der Waals surface area contributed by atoms with Crippen molar-refractivity contribution in [2.75, 3.05) is 30.5 Å². The molecule has 2 aromatic heterocycles. The second kappa shape index (κ2) is 10.8. The van der Waals surface area contributed by atoms with Crippen LogP contribution in [-0.4, -0.2) is 45.7 Å². The van der Waals surface area contributed by atoms with Gasteiger partial charge in [-0.2, -0.15) is 16.7 Å². The second-order valence-electron chi connectivity index (χ2n) is 9.38. The minimum atomic E-state index is -0.296. The molecular formula is C27H30FN5OS2. The first-order valence-corrected chi connectivity index (χ1v) is 14.8. The lowest BCUT2D eigenvalue weighted by Gasteiger charge is -2.32. The molecule has 0 N–H and O–H groups in total. The van der Waals surface area contributed by atoms with Gasteiger partial charge in [0.05, 0.1) is 10.9 Å². The topological polar surface area (TPSA) is 67.9 Å². The van der Waals surface area contributed by atoms with E-state index in [0.29, 0.717) is 22.6 Å². The number of benzene rings is 2. The third kappa shape index (κ3) is 4.83. The number of nitrogens with zero attached hydrogens (tertiary/aromatic N) is 5. The Morgan fingerprint density at radius 2 is 1.92 bits per heavy atom. The number of halogens is 1. The van der Waals surface area contributed by atoms with Crippen LogP contribution in [0.4, 0.5) is 10.2 Å². The lowest BCUT2D eigenvalue weighted by molar-refractivity contribution is 0.353. The van der Waals surface area contributed by atoms with Gasteiger partial charge in [0.25, 0.3) is 0 Å². The summed E-state index contributed by atoms with van der Waals surface area (Å²) in [6.45, 7) is 5.57. The zero-order chi connectivity index (χ0) is 25.2. The summed E-state index contributed by atoms with van der Waals surface area (Å²) in [5, 5.41) is 4.69. The van der Waals surface area contributed by atoms with E-state index >= 15 is 4.39 Å². The Balaban J connectivity index is 1.45. The van der Waals surface area contributed by atoms with Gasteiger partial charge in [-0.1, -0.05) is 31.1 Å². The summed E-state index contributed by atoms with van der Waals surface area (Å²) in [4.78, 5) is 17.1. The molecular weight excluding hydrogens is 493 g/mol. The molecule has 2 aromatic carbocycles. The number of aromatic nitrogens is 4. The lowest BCUT2D eigenvalue weighted by Crippen LogP contribution is -2.34. The summed E-state index contributed by atoms with van der Waals surface area (Å²) in [6, 6.07) is 9.84. The largest absolute Gasteiger partial charge is 0.356 e. The molecule has 1 aliphatic rings. The molecule has 0 atom stereocenters. The molecule has 0 saturated carbocycles. The minimum Gasteiger partial charge on any atom is -0.356 e. The predicted molar refractivity (Wildman–Crippen MR) is 147 cm³/mol. The van der Waals surface area contributed by atoms with E-state index in [9.17, 15) is 0 Å². The van der Waals surface area contributed by atoms with Gasteiger partial charge in [-0.3, -0.25) is 0 Å². The molecule has 1 fully saturated rings. The fourth-order valence-corrected chi connectivity index (χ4v) is 6.08. The van der Waals surface area contributed by atoms with Crippen LogP contribution in [0, 0.1) is 5.82 Å². The summed E-state index contributed by atoms with van der Waals surface area (Å²) in [5.41, 5.74) is 3.91. The molecule has 6 nitrogen and oxygen atoms in total. The van der Waals surface area contributed by atoms with E-state index in [1.807, 2.05) is 31.7 Å². The molecule has 36 heavy (non-hydrogen) atoms. The first kappa shape index (κ1) is 25.0. The van der Waals surface area contributed by atoms with Gasteiger partial charge < -0.3 is 9.42 Å². The molecule has 4 aromatic rings. The monoisotopic (exact) mass is 523 g/mol. The first-order valence-electron chi connectivity index (χ1n) is 12.2. The Morgan fingerprint density at radius 1 is 1.11 bits per heavy atom. The van der Waals surface area contributed by atoms with Gasteiger partial charge in [-0.25, -0.2) is 14.4 Å². The predicted octanol–water partition coefficient (Wildman–Crippen LogP) is 6.91. The Bertz CT molecular complexity index is 1370. The zero-order valence-electron chi connectivity index (χ0n) is 21.0. The maximum atomic E-state index is 15.3. The summed E-state index contributed by atoms with van der Waals surface area (Å²) < 4.78 is 20.7. The van der Waals surface area contributed by atoms with E-state index < -0.39 is 0 Å². The van der Waals surface area contributed by atoms with Crippen molar-refractivity contribution in [2.24, 2.45) is 0 Å². The van der Waals surface area contributed by atoms with Gasteiger partial charge in [0.1, 0.15) is 18.0 Å². The van der Waals surface area contributed by atoms with Crippen LogP contribution in [0.3, 0.4) is 0 Å². The van der Waals surface area contributed by atoms with E-state index in [0.717, 1.165) is 48.6 Å². The average Bonchev–Trinajstić information content (AvgIpc) is 3.40. The van der Waals surface area contributed by atoms with Crippen molar-refractivity contribution in [1.82, 2.24) is 20.1 Å². The van der Waals surface area contributed by atoms with Gasteiger partial charge in [-0.05, 0) is 54.7 Å². The van der Waals surface area contributed by atoms with Crippen LogP contribution in [0.2, 0.25) is 0 Å². The van der Waals surface area contributed by atoms with Crippen molar-refractivity contribution in [1.29, 1.82) is 0 Å². The fraction of sp³-hybridized carbons (Fsp3) is 0.407. The van der Waals surface area contributed by atoms with Crippen LogP contribution >= 0.6 is 23.5 Å². The highest BCUT2D eigenvalue weighted by molar-refractivity contribution is 7.99. The highest BCUT2D eigenvalue weighted by Gasteiger charge is 2.27. The third-order valence-electron chi connectivity index (χ3n) is 6.73. The second-order valence-corrected chi connectivity index (χ2v) is 11.1. The number of anilines is 1. The molecule has 1 aliphatic heterocycles. The van der Waals surface area contributed by atoms with Gasteiger partial charge in [0.2, 0.25) is 5.89 Å². The number of fused-ring (bicyclic) bond motifs is 1. The molecule has 0 spiro atoms. The quantitative estimate of drug-likeness (QED) is 0.242. The van der Waals surface area contributed by atoms with Gasteiger partial charge >= 0.3 is 0 Å². The van der Waals surface area contributed by atoms with Crippen LogP contribution in [0.1, 0.15) is 55.8 Å². The SMILES string of the molecule is CSCc1ccc(-c2ccc(F)c3c(N4CCC(c5noc(C(C)C)n5)CC4)ncnc23)cc1SC. The maximum absolute atomic E-state index is 15.3. The summed E-state index contributed by atoms with van der Waals surface area (Å²) >= 11 is 3.54. The molecule has 0 amide bonds. The van der Waals surface area contributed by atoms with E-state index in [2.05, 4.69) is 55.7 Å². The molecule has 0 unspecified atom stereocenters. The highest BCUT2D eigenvalue weighted by atomic mass is 32.2. The molecule has 9 heteroatoms. The molecule has 0 radical (unpaired) electrons. The van der Waals surface area contributed by atoms with Crippen LogP contribution in [-0.2, 0) is 5.75 Å². The molecule has 5 rings (SSSR count). The van der Waals surface area contributed by atoms with Crippen LogP contribution < -0.4 is 4.90 Å². The molecule has 3 heterocycles. The highest BCUT2D eigenvalue weighted by Crippen LogP contribution is 2.37. The van der Waals surface area contributed by atoms with E-state index in [1.165, 1.54) is 10.5 Å². The number of hydrogen-bond acceptors (Lipinski definition) is 8. The Labute approximate surface area is 219 Å². The molecule has 188 valence electrons. The zero-order valence-corrected chi connectivity index (χ0v) is 22.6. The molecule has 0 bridgehead atoms. The molecule has 0 aliphatic carbocycles. The van der Waals surface area contributed by atoms with Crippen molar-refractivity contribution >= 4 is 40.2 Å². The fourth-order valence-electron chi connectivity index (χ4n) is 4.78. The summed E-state index contributed by atoms with van der Waals surface area (Å²) in [7, 11) is 0. The number of thioether (sulfide) groups is 2. The Hall–Kier alpha value is -2.65. The maximum Gasteiger partial charge on any atom is 0.229 e. The Morgan fingerprint density at radius 3 is 2.61 bits per heavy atom. The van der Waals surface area contributed by atoms with Crippen molar-refractivity contribution in [2.45, 2.75) is 49.2 Å². The van der Waals surface area contributed by atoms with Gasteiger partial charge in [0.15, 0.2) is 5.82 Å². The van der Waals surface area contributed by atoms with Gasteiger partial charge in [-0.15, -0.1) is 11.8 Å². The van der Waals surface area contributed by atoms with E-state index in [1.54, 1.807) is 24.2 Å². The average molecular weight is 524 g/mol. The lowest BCUT2D eigenvalue weighted by atomic mass is 9.95. The third-order valence-corrected chi connectivity index (χ3v) is 8.15. The number of rotatable bonds is 7. The van der Waals surface area contributed by atoms with Crippen molar-refractivity contribution in [3.8, 4) is 11.1 Å². The van der Waals surface area contributed by atoms with Crippen molar-refractivity contribution < 1.29 is 8.91 Å². The van der Waals surface area contributed by atoms with Gasteiger partial charge in [0, 0.05) is 41.1 Å². The van der Waals surface area contributed by atoms with E-state index in [-0.39, 0.29) is 17.7 Å². The summed E-state index contributed by atoms with van der Waals surface area (Å²) in [5.74, 6) is 3.21. The van der Waals surface area contributed by atoms with E-state index in [4.69, 9.17) is 4.52 Å².